The molecule has 2 bridgehead atoms. The summed E-state index contributed by atoms with van der Waals surface area (Å²) < 4.78 is 0. The molecule has 0 aromatic rings. The third-order valence-corrected chi connectivity index (χ3v) is 3.43. The molecular weight excluding hydrogens is 164 g/mol. The van der Waals surface area contributed by atoms with Crippen LogP contribution in [0.4, 0.5) is 0 Å². The maximum absolute atomic E-state index is 10.4. The first-order valence-electron chi connectivity index (χ1n) is 5.25. The molecule has 4 unspecified atom stereocenters. The smallest absolute Gasteiger partial charge is 0.208 e. The molecule has 3 heteroatoms. The van der Waals surface area contributed by atoms with Crippen molar-refractivity contribution in [3.63, 3.8) is 0 Å². The van der Waals surface area contributed by atoms with Crippen LogP contribution in [-0.4, -0.2) is 30.6 Å². The number of piperidine rings is 2. The summed E-state index contributed by atoms with van der Waals surface area (Å²) in [4.78, 5) is 12.9. The van der Waals surface area contributed by atoms with Gasteiger partial charge in [-0.2, -0.15) is 0 Å². The van der Waals surface area contributed by atoms with Crippen molar-refractivity contribution >= 4 is 6.41 Å². The quantitative estimate of drug-likeness (QED) is 0.641. The average molecular weight is 182 g/mol. The van der Waals surface area contributed by atoms with Crippen LogP contribution in [0.5, 0.6) is 0 Å². The number of nitrogens with zero attached hydrogens (tertiary/aromatic N) is 1. The Bertz CT molecular complexity index is 193. The summed E-state index contributed by atoms with van der Waals surface area (Å²) in [6.07, 6.45) is 5.11. The highest BCUT2D eigenvalue weighted by Crippen LogP contribution is 2.32. The predicted molar refractivity (Wildman–Crippen MR) is 51.1 cm³/mol. The Balaban J connectivity index is 2.03. The minimum atomic E-state index is 0.300. The van der Waals surface area contributed by atoms with Crippen LogP contribution in [-0.2, 0) is 4.79 Å². The summed E-state index contributed by atoms with van der Waals surface area (Å²) in [7, 11) is 0. The van der Waals surface area contributed by atoms with Gasteiger partial charge in [0.1, 0.15) is 0 Å². The molecule has 2 aliphatic heterocycles. The van der Waals surface area contributed by atoms with Gasteiger partial charge in [-0.3, -0.25) is 9.69 Å². The predicted octanol–water partition coefficient (Wildman–Crippen LogP) is 0.810. The third-order valence-electron chi connectivity index (χ3n) is 3.43. The van der Waals surface area contributed by atoms with Crippen LogP contribution in [0.15, 0.2) is 0 Å². The van der Waals surface area contributed by atoms with Crippen molar-refractivity contribution in [1.29, 1.82) is 0 Å². The average Bonchev–Trinajstić information content (AvgIpc) is 2.12. The minimum absolute atomic E-state index is 0.300. The van der Waals surface area contributed by atoms with Gasteiger partial charge in [-0.1, -0.05) is 6.92 Å². The van der Waals surface area contributed by atoms with Crippen molar-refractivity contribution in [1.82, 2.24) is 10.2 Å². The molecule has 0 saturated carbocycles. The third kappa shape index (κ3) is 1.70. The molecule has 0 aliphatic carbocycles. The standard InChI is InChI=1S/C10H18N2O/c1-8-5-9-3-2-4-12(6-9)10(8)11-7-13/h7-10H,2-6H2,1H3,(H,11,13). The molecule has 1 N–H and O–H groups in total. The van der Waals surface area contributed by atoms with Crippen LogP contribution in [0.3, 0.4) is 0 Å². The fourth-order valence-electron chi connectivity index (χ4n) is 2.90. The second-order valence-electron chi connectivity index (χ2n) is 4.45. The van der Waals surface area contributed by atoms with Crippen LogP contribution in [0, 0.1) is 11.8 Å². The number of rotatable bonds is 2. The van der Waals surface area contributed by atoms with E-state index in [1.54, 1.807) is 0 Å². The second kappa shape index (κ2) is 3.66. The summed E-state index contributed by atoms with van der Waals surface area (Å²) >= 11 is 0. The van der Waals surface area contributed by atoms with E-state index in [-0.39, 0.29) is 0 Å². The van der Waals surface area contributed by atoms with Gasteiger partial charge in [0.2, 0.25) is 6.41 Å². The van der Waals surface area contributed by atoms with Crippen LogP contribution in [0.2, 0.25) is 0 Å². The highest BCUT2D eigenvalue weighted by Gasteiger charge is 2.35. The number of carbonyl (C=O) groups is 1. The molecule has 0 radical (unpaired) electrons. The summed E-state index contributed by atoms with van der Waals surface area (Å²) in [5.41, 5.74) is 0. The van der Waals surface area contributed by atoms with E-state index in [0.29, 0.717) is 12.1 Å². The topological polar surface area (TPSA) is 32.3 Å². The van der Waals surface area contributed by atoms with Crippen molar-refractivity contribution in [2.45, 2.75) is 32.4 Å². The van der Waals surface area contributed by atoms with E-state index in [1.165, 1.54) is 25.8 Å². The zero-order valence-electron chi connectivity index (χ0n) is 8.20. The SMILES string of the molecule is CC1CC2CCCN(C2)C1NC=O. The van der Waals surface area contributed by atoms with Crippen molar-refractivity contribution in [3.05, 3.63) is 0 Å². The Kier molecular flexibility index (Phi) is 2.54. The molecule has 13 heavy (non-hydrogen) atoms. The van der Waals surface area contributed by atoms with Gasteiger partial charge in [0.05, 0.1) is 6.17 Å². The highest BCUT2D eigenvalue weighted by molar-refractivity contribution is 5.46. The number of nitrogens with one attached hydrogen (secondary N) is 1. The van der Waals surface area contributed by atoms with E-state index in [4.69, 9.17) is 0 Å². The summed E-state index contributed by atoms with van der Waals surface area (Å²) in [5, 5.41) is 2.94. The molecule has 2 saturated heterocycles. The number of hydrogen-bond donors (Lipinski definition) is 1. The largest absolute Gasteiger partial charge is 0.343 e. The molecule has 2 fully saturated rings. The summed E-state index contributed by atoms with van der Waals surface area (Å²) in [5.74, 6) is 1.50. The molecule has 2 rings (SSSR count). The van der Waals surface area contributed by atoms with Gasteiger partial charge in [-0.25, -0.2) is 0 Å². The molecular formula is C10H18N2O. The van der Waals surface area contributed by atoms with E-state index in [0.717, 1.165) is 18.9 Å². The molecule has 1 amide bonds. The molecule has 0 spiro atoms. The van der Waals surface area contributed by atoms with Gasteiger partial charge in [0.15, 0.2) is 0 Å². The fourth-order valence-corrected chi connectivity index (χ4v) is 2.90. The van der Waals surface area contributed by atoms with Crippen LogP contribution < -0.4 is 5.32 Å². The molecule has 4 atom stereocenters. The van der Waals surface area contributed by atoms with Crippen LogP contribution in [0.25, 0.3) is 0 Å². The number of fused-ring (bicyclic) bond motifs is 2. The maximum Gasteiger partial charge on any atom is 0.208 e. The summed E-state index contributed by atoms with van der Waals surface area (Å²) in [6, 6.07) is 0. The van der Waals surface area contributed by atoms with E-state index < -0.39 is 0 Å². The molecule has 0 aromatic heterocycles. The van der Waals surface area contributed by atoms with Crippen molar-refractivity contribution < 1.29 is 4.79 Å². The van der Waals surface area contributed by atoms with Gasteiger partial charge in [-0.15, -0.1) is 0 Å². The number of amides is 1. The van der Waals surface area contributed by atoms with Gasteiger partial charge >= 0.3 is 0 Å². The molecule has 74 valence electrons. The summed E-state index contributed by atoms with van der Waals surface area (Å²) in [6.45, 7) is 4.59. The first-order valence-corrected chi connectivity index (χ1v) is 5.25. The van der Waals surface area contributed by atoms with E-state index in [2.05, 4.69) is 17.1 Å². The Morgan fingerprint density at radius 3 is 3.15 bits per heavy atom. The van der Waals surface area contributed by atoms with E-state index in [1.807, 2.05) is 0 Å². The van der Waals surface area contributed by atoms with Gasteiger partial charge in [0, 0.05) is 13.1 Å². The lowest BCUT2D eigenvalue weighted by atomic mass is 9.82. The highest BCUT2D eigenvalue weighted by atomic mass is 16.1. The van der Waals surface area contributed by atoms with E-state index >= 15 is 0 Å². The van der Waals surface area contributed by atoms with Crippen molar-refractivity contribution in [2.75, 3.05) is 13.1 Å². The van der Waals surface area contributed by atoms with E-state index in [9.17, 15) is 4.79 Å². The second-order valence-corrected chi connectivity index (χ2v) is 4.45. The number of carbonyl (C=O) groups excluding carboxylic acids is 1. The Labute approximate surface area is 79.5 Å². The Morgan fingerprint density at radius 2 is 2.38 bits per heavy atom. The van der Waals surface area contributed by atoms with Crippen molar-refractivity contribution in [2.24, 2.45) is 11.8 Å². The van der Waals surface area contributed by atoms with Gasteiger partial charge < -0.3 is 5.32 Å². The Hall–Kier alpha value is -0.570. The monoisotopic (exact) mass is 182 g/mol. The zero-order valence-corrected chi connectivity index (χ0v) is 8.20. The first kappa shape index (κ1) is 9.00. The fraction of sp³-hybridized carbons (Fsp3) is 0.900. The first-order chi connectivity index (χ1) is 6.31. The molecule has 2 aliphatic rings. The lowest BCUT2D eigenvalue weighted by Crippen LogP contribution is -2.57. The van der Waals surface area contributed by atoms with Crippen molar-refractivity contribution in [3.8, 4) is 0 Å². The lowest BCUT2D eigenvalue weighted by Gasteiger charge is -2.46. The van der Waals surface area contributed by atoms with Gasteiger partial charge in [0.25, 0.3) is 0 Å². The number of hydrogen-bond acceptors (Lipinski definition) is 2. The minimum Gasteiger partial charge on any atom is -0.343 e. The molecule has 0 aromatic carbocycles. The molecule has 3 nitrogen and oxygen atoms in total. The Morgan fingerprint density at radius 1 is 1.54 bits per heavy atom. The zero-order chi connectivity index (χ0) is 9.26. The van der Waals surface area contributed by atoms with Gasteiger partial charge in [-0.05, 0) is 31.1 Å². The lowest BCUT2D eigenvalue weighted by molar-refractivity contribution is -0.113. The van der Waals surface area contributed by atoms with Crippen LogP contribution in [0.1, 0.15) is 26.2 Å². The maximum atomic E-state index is 10.4. The van der Waals surface area contributed by atoms with Crippen LogP contribution >= 0.6 is 0 Å². The normalized spacial score (nSPS) is 44.1. The molecule has 2 heterocycles.